The molecule has 0 aromatic rings. The molecule has 1 saturated heterocycles. The summed E-state index contributed by atoms with van der Waals surface area (Å²) < 4.78 is 0. The van der Waals surface area contributed by atoms with Gasteiger partial charge in [0.15, 0.2) is 0 Å². The van der Waals surface area contributed by atoms with E-state index in [0.29, 0.717) is 0 Å². The van der Waals surface area contributed by atoms with Gasteiger partial charge < -0.3 is 0 Å². The Bertz CT molecular complexity index is 97.8. The predicted octanol–water partition coefficient (Wildman–Crippen LogP) is 3.00. The summed E-state index contributed by atoms with van der Waals surface area (Å²) in [5.41, 5.74) is 0. The maximum absolute atomic E-state index is 2.34. The summed E-state index contributed by atoms with van der Waals surface area (Å²) in [7, 11) is 0. The van der Waals surface area contributed by atoms with E-state index >= 15 is 0 Å². The van der Waals surface area contributed by atoms with Crippen molar-refractivity contribution >= 4 is 28.5 Å². The third kappa shape index (κ3) is 2.42. The van der Waals surface area contributed by atoms with E-state index in [0.717, 1.165) is 17.0 Å². The first-order valence-corrected chi connectivity index (χ1v) is 6.03. The standard InChI is InChI=1S/C7H15BS2/c1-6(2)8-9-4-7(3)5-10-8/h6-7H,4-5H2,1-3H3. The Labute approximate surface area is 72.8 Å². The van der Waals surface area contributed by atoms with Crippen molar-refractivity contribution in [3.63, 3.8) is 0 Å². The molecule has 0 aromatic carbocycles. The van der Waals surface area contributed by atoms with Crippen molar-refractivity contribution in [1.29, 1.82) is 0 Å². The zero-order valence-electron chi connectivity index (χ0n) is 6.96. The molecule has 1 aliphatic rings. The highest BCUT2D eigenvalue weighted by Crippen LogP contribution is 2.36. The second kappa shape index (κ2) is 3.96. The lowest BCUT2D eigenvalue weighted by Crippen LogP contribution is -2.20. The van der Waals surface area contributed by atoms with Crippen molar-refractivity contribution in [3.05, 3.63) is 0 Å². The van der Waals surface area contributed by atoms with Gasteiger partial charge in [-0.15, -0.1) is 0 Å². The van der Waals surface area contributed by atoms with Crippen molar-refractivity contribution in [3.8, 4) is 0 Å². The van der Waals surface area contributed by atoms with Crippen molar-refractivity contribution in [2.45, 2.75) is 26.6 Å². The molecule has 0 N–H and O–H groups in total. The van der Waals surface area contributed by atoms with Crippen molar-refractivity contribution in [2.75, 3.05) is 11.5 Å². The summed E-state index contributed by atoms with van der Waals surface area (Å²) in [6, 6.07) is 0. The van der Waals surface area contributed by atoms with Gasteiger partial charge in [-0.2, -0.15) is 23.2 Å². The van der Waals surface area contributed by atoms with Crippen LogP contribution in [0, 0.1) is 5.92 Å². The SMILES string of the molecule is CC1CSB(C(C)C)SC1. The summed E-state index contributed by atoms with van der Waals surface area (Å²) >= 11 is 4.28. The summed E-state index contributed by atoms with van der Waals surface area (Å²) in [5, 5.41) is 0.871. The molecule has 10 heavy (non-hydrogen) atoms. The topological polar surface area (TPSA) is 0 Å². The first-order chi connectivity index (χ1) is 4.70. The average molecular weight is 174 g/mol. The van der Waals surface area contributed by atoms with E-state index in [2.05, 4.69) is 44.0 Å². The molecule has 1 heterocycles. The van der Waals surface area contributed by atoms with E-state index in [1.807, 2.05) is 0 Å². The summed E-state index contributed by atoms with van der Waals surface area (Å²) in [6.07, 6.45) is 0. The molecular weight excluding hydrogens is 159 g/mol. The third-order valence-electron chi connectivity index (χ3n) is 1.63. The van der Waals surface area contributed by atoms with Crippen LogP contribution in [0.3, 0.4) is 0 Å². The molecule has 58 valence electrons. The Balaban J connectivity index is 2.26. The maximum Gasteiger partial charge on any atom is 0.276 e. The van der Waals surface area contributed by atoms with Crippen LogP contribution in [0.2, 0.25) is 5.82 Å². The lowest BCUT2D eigenvalue weighted by molar-refractivity contribution is 0.766. The Kier molecular flexibility index (Phi) is 3.51. The molecule has 0 unspecified atom stereocenters. The molecule has 0 nitrogen and oxygen atoms in total. The van der Waals surface area contributed by atoms with E-state index < -0.39 is 0 Å². The van der Waals surface area contributed by atoms with Gasteiger partial charge in [-0.25, -0.2) is 0 Å². The third-order valence-corrected chi connectivity index (χ3v) is 5.72. The number of hydrogen-bond donors (Lipinski definition) is 0. The molecule has 0 amide bonds. The number of hydrogen-bond acceptors (Lipinski definition) is 2. The molecule has 0 aromatic heterocycles. The second-order valence-corrected chi connectivity index (χ2v) is 6.03. The predicted molar refractivity (Wildman–Crippen MR) is 54.9 cm³/mol. The Morgan fingerprint density at radius 3 is 2.20 bits per heavy atom. The highest BCUT2D eigenvalue weighted by Gasteiger charge is 2.25. The molecule has 0 atom stereocenters. The minimum Gasteiger partial charge on any atom is -0.195 e. The average Bonchev–Trinajstić information content (AvgIpc) is 1.88. The van der Waals surface area contributed by atoms with Crippen LogP contribution in [0.1, 0.15) is 20.8 Å². The molecule has 0 aliphatic carbocycles. The number of rotatable bonds is 1. The van der Waals surface area contributed by atoms with Gasteiger partial charge in [-0.1, -0.05) is 20.8 Å². The van der Waals surface area contributed by atoms with Crippen molar-refractivity contribution in [2.24, 2.45) is 5.92 Å². The van der Waals surface area contributed by atoms with Crippen LogP contribution in [0.5, 0.6) is 0 Å². The van der Waals surface area contributed by atoms with Crippen LogP contribution < -0.4 is 0 Å². The first-order valence-electron chi connectivity index (χ1n) is 3.93. The fraction of sp³-hybridized carbons (Fsp3) is 1.00. The molecular formula is C7H15BS2. The molecule has 0 radical (unpaired) electrons. The quantitative estimate of drug-likeness (QED) is 0.560. The van der Waals surface area contributed by atoms with E-state index in [4.69, 9.17) is 0 Å². The minimum absolute atomic E-state index is 0.850. The van der Waals surface area contributed by atoms with E-state index in [1.165, 1.54) is 11.5 Å². The molecule has 3 heteroatoms. The summed E-state index contributed by atoms with van der Waals surface area (Å²) in [5.74, 6) is 4.53. The zero-order chi connectivity index (χ0) is 7.56. The second-order valence-electron chi connectivity index (χ2n) is 3.38. The Morgan fingerprint density at radius 2 is 1.80 bits per heavy atom. The van der Waals surface area contributed by atoms with Gasteiger partial charge in [0.2, 0.25) is 0 Å². The van der Waals surface area contributed by atoms with Crippen LogP contribution in [0.25, 0.3) is 0 Å². The molecule has 0 spiro atoms. The first kappa shape index (κ1) is 8.86. The zero-order valence-corrected chi connectivity index (χ0v) is 8.60. The largest absolute Gasteiger partial charge is 0.276 e. The van der Waals surface area contributed by atoms with Gasteiger partial charge in [0, 0.05) is 0 Å². The van der Waals surface area contributed by atoms with Crippen LogP contribution in [0.4, 0.5) is 0 Å². The molecule has 1 aliphatic heterocycles. The van der Waals surface area contributed by atoms with Crippen molar-refractivity contribution < 1.29 is 0 Å². The normalized spacial score (nSPS) is 22.2. The van der Waals surface area contributed by atoms with Crippen LogP contribution in [-0.4, -0.2) is 16.8 Å². The Morgan fingerprint density at radius 1 is 1.30 bits per heavy atom. The lowest BCUT2D eigenvalue weighted by atomic mass is 9.88. The van der Waals surface area contributed by atoms with Crippen LogP contribution in [-0.2, 0) is 0 Å². The van der Waals surface area contributed by atoms with Crippen molar-refractivity contribution in [1.82, 2.24) is 0 Å². The minimum atomic E-state index is 0.850. The van der Waals surface area contributed by atoms with Gasteiger partial charge in [0.05, 0.1) is 0 Å². The molecule has 1 fully saturated rings. The highest BCUT2D eigenvalue weighted by atomic mass is 32.2. The molecule has 1 rings (SSSR count). The monoisotopic (exact) mass is 174 g/mol. The smallest absolute Gasteiger partial charge is 0.195 e. The van der Waals surface area contributed by atoms with Gasteiger partial charge in [-0.05, 0) is 23.2 Å². The van der Waals surface area contributed by atoms with Gasteiger partial charge in [-0.3, -0.25) is 0 Å². The van der Waals surface area contributed by atoms with E-state index in [-0.39, 0.29) is 0 Å². The van der Waals surface area contributed by atoms with E-state index in [1.54, 1.807) is 0 Å². The highest BCUT2D eigenvalue weighted by molar-refractivity contribution is 8.54. The lowest BCUT2D eigenvalue weighted by Gasteiger charge is -2.25. The Hall–Kier alpha value is 0.765. The van der Waals surface area contributed by atoms with E-state index in [9.17, 15) is 0 Å². The van der Waals surface area contributed by atoms with Gasteiger partial charge in [0.1, 0.15) is 0 Å². The fourth-order valence-electron chi connectivity index (χ4n) is 0.999. The van der Waals surface area contributed by atoms with Crippen LogP contribution >= 0.6 is 23.2 Å². The summed E-state index contributed by atoms with van der Waals surface area (Å²) in [6.45, 7) is 6.98. The summed E-state index contributed by atoms with van der Waals surface area (Å²) in [4.78, 5) is 0. The molecule has 0 bridgehead atoms. The van der Waals surface area contributed by atoms with Gasteiger partial charge >= 0.3 is 0 Å². The maximum atomic E-state index is 2.34. The fourth-order valence-corrected chi connectivity index (χ4v) is 4.05. The van der Waals surface area contributed by atoms with Crippen LogP contribution in [0.15, 0.2) is 0 Å². The van der Waals surface area contributed by atoms with Gasteiger partial charge in [0.25, 0.3) is 5.27 Å². The molecule has 0 saturated carbocycles.